The van der Waals surface area contributed by atoms with E-state index in [2.05, 4.69) is 0 Å². The second-order valence-electron chi connectivity index (χ2n) is 5.45. The summed E-state index contributed by atoms with van der Waals surface area (Å²) in [7, 11) is -3.75. The van der Waals surface area contributed by atoms with Gasteiger partial charge in [-0.05, 0) is 19.1 Å². The van der Waals surface area contributed by atoms with E-state index in [1.807, 2.05) is 20.8 Å². The lowest BCUT2D eigenvalue weighted by atomic mass is 10.1. The highest BCUT2D eigenvalue weighted by atomic mass is 35.5. The van der Waals surface area contributed by atoms with Crippen LogP contribution in [-0.2, 0) is 14.3 Å². The summed E-state index contributed by atoms with van der Waals surface area (Å²) in [5.74, 6) is -0.191. The summed E-state index contributed by atoms with van der Waals surface area (Å²) in [6.07, 6.45) is 0. The van der Waals surface area contributed by atoms with Crippen LogP contribution in [0.4, 0.5) is 0 Å². The monoisotopic (exact) mass is 322 g/mol. The molecule has 0 spiro atoms. The van der Waals surface area contributed by atoms with E-state index in [4.69, 9.17) is 27.4 Å². The first kappa shape index (κ1) is 15.1. The zero-order valence-corrected chi connectivity index (χ0v) is 13.3. The minimum atomic E-state index is -3.75. The largest absolute Gasteiger partial charge is 0.296 e. The Kier molecular flexibility index (Phi) is 3.67. The van der Waals surface area contributed by atoms with Crippen molar-refractivity contribution in [2.24, 2.45) is 11.3 Å². The number of hydrogen-bond donors (Lipinski definition) is 0. The van der Waals surface area contributed by atoms with Crippen molar-refractivity contribution in [3.8, 4) is 0 Å². The van der Waals surface area contributed by atoms with Gasteiger partial charge in [-0.2, -0.15) is 8.42 Å². The Hall–Kier alpha value is -0.290. The summed E-state index contributed by atoms with van der Waals surface area (Å²) in [5.41, 5.74) is 0.654. The lowest BCUT2D eigenvalue weighted by molar-refractivity contribution is 0.283. The van der Waals surface area contributed by atoms with Crippen LogP contribution in [0.15, 0.2) is 29.2 Å². The number of aryl methyl sites for hydroxylation is 1. The lowest BCUT2D eigenvalue weighted by Gasteiger charge is -2.06. The number of rotatable bonds is 4. The third kappa shape index (κ3) is 2.64. The third-order valence-corrected chi connectivity index (χ3v) is 6.58. The molecule has 19 heavy (non-hydrogen) atoms. The Labute approximate surface area is 124 Å². The maximum atomic E-state index is 12.0. The molecule has 106 valence electrons. The highest BCUT2D eigenvalue weighted by Gasteiger charge is 2.70. The van der Waals surface area contributed by atoms with Gasteiger partial charge in [-0.25, -0.2) is 0 Å². The maximum absolute atomic E-state index is 12.0. The molecule has 0 N–H and O–H groups in total. The fourth-order valence-electron chi connectivity index (χ4n) is 2.00. The molecule has 0 bridgehead atoms. The second-order valence-corrected chi connectivity index (χ2v) is 8.45. The van der Waals surface area contributed by atoms with Gasteiger partial charge in [0.1, 0.15) is 4.33 Å². The molecule has 1 atom stereocenters. The Morgan fingerprint density at radius 1 is 1.21 bits per heavy atom. The maximum Gasteiger partial charge on any atom is 0.296 e. The molecule has 0 heterocycles. The van der Waals surface area contributed by atoms with E-state index < -0.39 is 14.5 Å². The van der Waals surface area contributed by atoms with Crippen LogP contribution < -0.4 is 0 Å². The van der Waals surface area contributed by atoms with Crippen molar-refractivity contribution in [1.29, 1.82) is 0 Å². The lowest BCUT2D eigenvalue weighted by Crippen LogP contribution is -2.11. The van der Waals surface area contributed by atoms with Gasteiger partial charge in [0.25, 0.3) is 10.1 Å². The van der Waals surface area contributed by atoms with Gasteiger partial charge in [-0.15, -0.1) is 23.2 Å². The number of halogens is 2. The van der Waals surface area contributed by atoms with Crippen LogP contribution >= 0.6 is 23.2 Å². The first-order valence-electron chi connectivity index (χ1n) is 5.93. The zero-order valence-electron chi connectivity index (χ0n) is 11.0. The molecular formula is C13H16Cl2O3S. The van der Waals surface area contributed by atoms with Crippen molar-refractivity contribution in [3.63, 3.8) is 0 Å². The van der Waals surface area contributed by atoms with Crippen LogP contribution in [-0.4, -0.2) is 19.4 Å². The Morgan fingerprint density at radius 3 is 2.11 bits per heavy atom. The van der Waals surface area contributed by atoms with Gasteiger partial charge >= 0.3 is 0 Å². The molecule has 0 aromatic heterocycles. The van der Waals surface area contributed by atoms with Crippen molar-refractivity contribution < 1.29 is 12.6 Å². The molecule has 3 nitrogen and oxygen atoms in total. The quantitative estimate of drug-likeness (QED) is 0.629. The molecule has 1 aromatic carbocycles. The molecular weight excluding hydrogens is 307 g/mol. The second kappa shape index (κ2) is 4.62. The molecule has 1 saturated carbocycles. The van der Waals surface area contributed by atoms with Crippen LogP contribution in [0.1, 0.15) is 19.4 Å². The van der Waals surface area contributed by atoms with E-state index in [1.54, 1.807) is 12.1 Å². The standard InChI is InChI=1S/C13H16Cl2O3S/c1-9-4-6-10(7-5-9)19(16,17)18-8-11-12(2,3)13(11,14)15/h4-7,11H,8H2,1-3H3. The number of hydrogen-bond acceptors (Lipinski definition) is 3. The Balaban J connectivity index is 2.06. The van der Waals surface area contributed by atoms with E-state index >= 15 is 0 Å². The molecule has 0 saturated heterocycles. The van der Waals surface area contributed by atoms with Crippen molar-refractivity contribution >= 4 is 33.3 Å². The van der Waals surface area contributed by atoms with E-state index in [0.29, 0.717) is 0 Å². The van der Waals surface area contributed by atoms with Gasteiger partial charge in [0.2, 0.25) is 0 Å². The van der Waals surface area contributed by atoms with Gasteiger partial charge in [0.15, 0.2) is 0 Å². The predicted octanol–water partition coefficient (Wildman–Crippen LogP) is 3.53. The number of benzene rings is 1. The van der Waals surface area contributed by atoms with Gasteiger partial charge in [0, 0.05) is 11.3 Å². The molecule has 0 amide bonds. The SMILES string of the molecule is Cc1ccc(S(=O)(=O)OCC2C(C)(C)C2(Cl)Cl)cc1. The summed E-state index contributed by atoms with van der Waals surface area (Å²) in [6, 6.07) is 6.50. The number of alkyl halides is 2. The molecule has 1 unspecified atom stereocenters. The Morgan fingerprint density at radius 2 is 1.68 bits per heavy atom. The summed E-state index contributed by atoms with van der Waals surface area (Å²) < 4.78 is 28.1. The zero-order chi connectivity index (χ0) is 14.5. The third-order valence-electron chi connectivity index (χ3n) is 3.78. The molecule has 1 aliphatic carbocycles. The first-order valence-corrected chi connectivity index (χ1v) is 8.09. The highest BCUT2D eigenvalue weighted by molar-refractivity contribution is 7.86. The molecule has 1 aromatic rings. The van der Waals surface area contributed by atoms with Gasteiger partial charge in [-0.1, -0.05) is 31.5 Å². The van der Waals surface area contributed by atoms with E-state index in [-0.39, 0.29) is 22.8 Å². The highest BCUT2D eigenvalue weighted by Crippen LogP contribution is 2.68. The van der Waals surface area contributed by atoms with E-state index in [0.717, 1.165) is 5.56 Å². The van der Waals surface area contributed by atoms with Crippen molar-refractivity contribution in [1.82, 2.24) is 0 Å². The Bertz CT molecular complexity index is 562. The first-order chi connectivity index (χ1) is 8.59. The van der Waals surface area contributed by atoms with E-state index in [1.165, 1.54) is 12.1 Å². The summed E-state index contributed by atoms with van der Waals surface area (Å²) >= 11 is 12.2. The molecule has 1 aliphatic rings. The van der Waals surface area contributed by atoms with Crippen LogP contribution in [0, 0.1) is 18.3 Å². The normalized spacial score (nSPS) is 24.2. The molecule has 6 heteroatoms. The van der Waals surface area contributed by atoms with Crippen LogP contribution in [0.2, 0.25) is 0 Å². The van der Waals surface area contributed by atoms with Crippen molar-refractivity contribution in [2.45, 2.75) is 30.0 Å². The van der Waals surface area contributed by atoms with Crippen molar-refractivity contribution in [3.05, 3.63) is 29.8 Å². The summed E-state index contributed by atoms with van der Waals surface area (Å²) in [6.45, 7) is 5.66. The average Bonchev–Trinajstić information content (AvgIpc) is 2.67. The van der Waals surface area contributed by atoms with Gasteiger partial charge in [-0.3, -0.25) is 4.18 Å². The van der Waals surface area contributed by atoms with Crippen LogP contribution in [0.3, 0.4) is 0 Å². The van der Waals surface area contributed by atoms with Crippen molar-refractivity contribution in [2.75, 3.05) is 6.61 Å². The summed E-state index contributed by atoms with van der Waals surface area (Å²) in [4.78, 5) is 0.145. The van der Waals surface area contributed by atoms with Crippen LogP contribution in [0.25, 0.3) is 0 Å². The molecule has 1 fully saturated rings. The van der Waals surface area contributed by atoms with E-state index in [9.17, 15) is 8.42 Å². The van der Waals surface area contributed by atoms with Crippen LogP contribution in [0.5, 0.6) is 0 Å². The predicted molar refractivity (Wildman–Crippen MR) is 76.0 cm³/mol. The van der Waals surface area contributed by atoms with Gasteiger partial charge in [0.05, 0.1) is 11.5 Å². The smallest absolute Gasteiger partial charge is 0.266 e. The molecule has 0 aliphatic heterocycles. The fraction of sp³-hybridized carbons (Fsp3) is 0.538. The average molecular weight is 323 g/mol. The minimum absolute atomic E-state index is 0.00376. The van der Waals surface area contributed by atoms with Gasteiger partial charge < -0.3 is 0 Å². The fourth-order valence-corrected chi connectivity index (χ4v) is 3.75. The molecule has 2 rings (SSSR count). The molecule has 0 radical (unpaired) electrons. The topological polar surface area (TPSA) is 43.4 Å². The minimum Gasteiger partial charge on any atom is -0.266 e. The summed E-state index contributed by atoms with van der Waals surface area (Å²) in [5, 5.41) is 0.